The largest absolute Gasteiger partial charge is 0.497 e. The molecule has 0 aromatic heterocycles. The van der Waals surface area contributed by atoms with E-state index in [-0.39, 0.29) is 12.1 Å². The van der Waals surface area contributed by atoms with Gasteiger partial charge in [0.1, 0.15) is 17.6 Å². The summed E-state index contributed by atoms with van der Waals surface area (Å²) in [6.45, 7) is 1.93. The Balaban J connectivity index is 2.26. The maximum absolute atomic E-state index is 6.09. The number of nitrogens with two attached hydrogens (primary N) is 1. The number of rotatable bonds is 5. The van der Waals surface area contributed by atoms with Crippen molar-refractivity contribution in [1.82, 2.24) is 0 Å². The van der Waals surface area contributed by atoms with Gasteiger partial charge < -0.3 is 15.2 Å². The minimum Gasteiger partial charge on any atom is -0.497 e. The van der Waals surface area contributed by atoms with E-state index in [0.717, 1.165) is 26.0 Å². The Kier molecular flexibility index (Phi) is 5.67. The lowest BCUT2D eigenvalue weighted by molar-refractivity contribution is 0.179. The van der Waals surface area contributed by atoms with Crippen LogP contribution in [0.4, 0.5) is 0 Å². The molecule has 3 nitrogen and oxygen atoms in total. The quantitative estimate of drug-likeness (QED) is 0.771. The highest BCUT2D eigenvalue weighted by atomic mass is 79.9. The van der Waals surface area contributed by atoms with Crippen molar-refractivity contribution in [2.45, 2.75) is 19.1 Å². The third-order valence-electron chi connectivity index (χ3n) is 3.07. The molecule has 2 rings (SSSR count). The van der Waals surface area contributed by atoms with Gasteiger partial charge in [0.05, 0.1) is 11.6 Å². The van der Waals surface area contributed by atoms with Gasteiger partial charge in [-0.05, 0) is 58.7 Å². The first-order chi connectivity index (χ1) is 10.0. The zero-order valence-electron chi connectivity index (χ0n) is 11.8. The van der Waals surface area contributed by atoms with Gasteiger partial charge in [-0.15, -0.1) is 0 Å². The molecule has 0 saturated carbocycles. The zero-order chi connectivity index (χ0) is 15.4. The lowest BCUT2D eigenvalue weighted by Gasteiger charge is -2.24. The van der Waals surface area contributed by atoms with E-state index >= 15 is 0 Å². The Bertz CT molecular complexity index is 600. The van der Waals surface area contributed by atoms with Crippen molar-refractivity contribution in [1.29, 1.82) is 0 Å². The Morgan fingerprint density at radius 3 is 2.24 bits per heavy atom. The Morgan fingerprint density at radius 2 is 1.71 bits per heavy atom. The molecule has 2 atom stereocenters. The Labute approximate surface area is 141 Å². The molecule has 0 radical (unpaired) electrons. The van der Waals surface area contributed by atoms with Gasteiger partial charge in [0.25, 0.3) is 0 Å². The van der Waals surface area contributed by atoms with Crippen molar-refractivity contribution in [3.05, 3.63) is 57.0 Å². The third kappa shape index (κ3) is 4.22. The van der Waals surface area contributed by atoms with Crippen LogP contribution in [-0.2, 0) is 0 Å². The van der Waals surface area contributed by atoms with E-state index in [0.29, 0.717) is 0 Å². The molecular formula is C16H17Br2NO2. The molecule has 0 aliphatic heterocycles. The molecule has 21 heavy (non-hydrogen) atoms. The second kappa shape index (κ2) is 7.29. The van der Waals surface area contributed by atoms with Crippen molar-refractivity contribution in [3.8, 4) is 11.5 Å². The van der Waals surface area contributed by atoms with Gasteiger partial charge in [0.2, 0.25) is 0 Å². The highest BCUT2D eigenvalue weighted by molar-refractivity contribution is 9.11. The van der Waals surface area contributed by atoms with Crippen LogP contribution in [0.1, 0.15) is 18.6 Å². The number of hydrogen-bond donors (Lipinski definition) is 1. The van der Waals surface area contributed by atoms with E-state index in [1.54, 1.807) is 7.11 Å². The van der Waals surface area contributed by atoms with Gasteiger partial charge >= 0.3 is 0 Å². The summed E-state index contributed by atoms with van der Waals surface area (Å²) >= 11 is 6.93. The van der Waals surface area contributed by atoms with Gasteiger partial charge in [-0.3, -0.25) is 0 Å². The van der Waals surface area contributed by atoms with Gasteiger partial charge in [0, 0.05) is 10.5 Å². The molecule has 2 aromatic carbocycles. The molecule has 0 amide bonds. The van der Waals surface area contributed by atoms with Crippen LogP contribution in [0.25, 0.3) is 0 Å². The summed E-state index contributed by atoms with van der Waals surface area (Å²) in [6, 6.07) is 13.4. The first-order valence-corrected chi connectivity index (χ1v) is 8.11. The summed E-state index contributed by atoms with van der Waals surface area (Å²) in [6.07, 6.45) is -0.228. The highest BCUT2D eigenvalue weighted by Crippen LogP contribution is 2.33. The Morgan fingerprint density at radius 1 is 1.05 bits per heavy atom. The summed E-state index contributed by atoms with van der Waals surface area (Å²) in [7, 11) is 1.65. The molecule has 2 aromatic rings. The molecule has 5 heteroatoms. The monoisotopic (exact) mass is 413 g/mol. The fraction of sp³-hybridized carbons (Fsp3) is 0.250. The Hall–Kier alpha value is -1.04. The van der Waals surface area contributed by atoms with Crippen LogP contribution >= 0.6 is 31.9 Å². The maximum Gasteiger partial charge on any atom is 0.139 e. The van der Waals surface area contributed by atoms with Gasteiger partial charge in [-0.25, -0.2) is 0 Å². The van der Waals surface area contributed by atoms with Crippen LogP contribution in [-0.4, -0.2) is 13.2 Å². The molecule has 0 aliphatic rings. The van der Waals surface area contributed by atoms with E-state index < -0.39 is 0 Å². The minimum absolute atomic E-state index is 0.144. The van der Waals surface area contributed by atoms with E-state index in [1.165, 1.54) is 0 Å². The molecule has 0 heterocycles. The molecule has 0 fully saturated rings. The van der Waals surface area contributed by atoms with Crippen LogP contribution in [0.2, 0.25) is 0 Å². The van der Waals surface area contributed by atoms with Crippen molar-refractivity contribution in [3.63, 3.8) is 0 Å². The lowest BCUT2D eigenvalue weighted by atomic mass is 10.0. The fourth-order valence-corrected chi connectivity index (χ4v) is 3.12. The number of ether oxygens (including phenoxy) is 2. The molecule has 0 aliphatic carbocycles. The molecule has 2 unspecified atom stereocenters. The SMILES string of the molecule is COc1ccc(C(Oc2ccc(Br)cc2Br)C(C)N)cc1. The second-order valence-electron chi connectivity index (χ2n) is 4.75. The average molecular weight is 415 g/mol. The number of halogens is 2. The summed E-state index contributed by atoms with van der Waals surface area (Å²) in [5.41, 5.74) is 7.10. The van der Waals surface area contributed by atoms with Crippen molar-refractivity contribution < 1.29 is 9.47 Å². The average Bonchev–Trinajstić information content (AvgIpc) is 2.46. The molecule has 2 N–H and O–H groups in total. The predicted octanol–water partition coefficient (Wildman–Crippen LogP) is 4.69. The fourth-order valence-electron chi connectivity index (χ4n) is 1.98. The first kappa shape index (κ1) is 16.3. The lowest BCUT2D eigenvalue weighted by Crippen LogP contribution is -2.29. The predicted molar refractivity (Wildman–Crippen MR) is 91.9 cm³/mol. The smallest absolute Gasteiger partial charge is 0.139 e. The summed E-state index contributed by atoms with van der Waals surface area (Å²) < 4.78 is 13.1. The third-order valence-corrected chi connectivity index (χ3v) is 4.18. The zero-order valence-corrected chi connectivity index (χ0v) is 15.0. The van der Waals surface area contributed by atoms with Gasteiger partial charge in [-0.2, -0.15) is 0 Å². The van der Waals surface area contributed by atoms with Crippen LogP contribution < -0.4 is 15.2 Å². The van der Waals surface area contributed by atoms with Gasteiger partial charge in [0.15, 0.2) is 0 Å². The van der Waals surface area contributed by atoms with Crippen LogP contribution in [0.15, 0.2) is 51.4 Å². The number of methoxy groups -OCH3 is 1. The first-order valence-electron chi connectivity index (χ1n) is 6.52. The topological polar surface area (TPSA) is 44.5 Å². The summed E-state index contributed by atoms with van der Waals surface area (Å²) in [5, 5.41) is 0. The summed E-state index contributed by atoms with van der Waals surface area (Å²) in [4.78, 5) is 0. The van der Waals surface area contributed by atoms with E-state index in [4.69, 9.17) is 15.2 Å². The van der Waals surface area contributed by atoms with Crippen molar-refractivity contribution in [2.24, 2.45) is 5.73 Å². The van der Waals surface area contributed by atoms with E-state index in [2.05, 4.69) is 31.9 Å². The van der Waals surface area contributed by atoms with Crippen LogP contribution in [0.5, 0.6) is 11.5 Å². The van der Waals surface area contributed by atoms with Crippen molar-refractivity contribution >= 4 is 31.9 Å². The molecule has 0 spiro atoms. The second-order valence-corrected chi connectivity index (χ2v) is 6.52. The molecule has 112 valence electrons. The number of benzene rings is 2. The maximum atomic E-state index is 6.09. The number of hydrogen-bond acceptors (Lipinski definition) is 3. The molecule has 0 saturated heterocycles. The summed E-state index contributed by atoms with van der Waals surface area (Å²) in [5.74, 6) is 1.57. The molecule has 0 bridgehead atoms. The normalized spacial score (nSPS) is 13.6. The van der Waals surface area contributed by atoms with Crippen LogP contribution in [0, 0.1) is 0 Å². The minimum atomic E-state index is -0.228. The standard InChI is InChI=1S/C16H17Br2NO2/c1-10(19)16(11-3-6-13(20-2)7-4-11)21-15-8-5-12(17)9-14(15)18/h3-10,16H,19H2,1-2H3. The van der Waals surface area contributed by atoms with Crippen molar-refractivity contribution in [2.75, 3.05) is 7.11 Å². The van der Waals surface area contributed by atoms with Crippen LogP contribution in [0.3, 0.4) is 0 Å². The van der Waals surface area contributed by atoms with Gasteiger partial charge in [-0.1, -0.05) is 28.1 Å². The van der Waals surface area contributed by atoms with E-state index in [9.17, 15) is 0 Å². The molecular weight excluding hydrogens is 398 g/mol. The van der Waals surface area contributed by atoms with E-state index in [1.807, 2.05) is 49.4 Å². The highest BCUT2D eigenvalue weighted by Gasteiger charge is 2.19.